The van der Waals surface area contributed by atoms with Gasteiger partial charge in [0.05, 0.1) is 19.9 Å². The lowest BCUT2D eigenvalue weighted by atomic mass is 9.91. The van der Waals surface area contributed by atoms with Gasteiger partial charge in [0.2, 0.25) is 0 Å². The van der Waals surface area contributed by atoms with Gasteiger partial charge in [-0.3, -0.25) is 9.80 Å². The van der Waals surface area contributed by atoms with Crippen LogP contribution in [0.3, 0.4) is 0 Å². The van der Waals surface area contributed by atoms with Crippen LogP contribution in [0.4, 0.5) is 10.6 Å². The first-order valence-electron chi connectivity index (χ1n) is 6.52. The summed E-state index contributed by atoms with van der Waals surface area (Å²) in [6.07, 6.45) is 0. The first kappa shape index (κ1) is 14.8. The predicted molar refractivity (Wildman–Crippen MR) is 74.5 cm³/mol. The minimum Gasteiger partial charge on any atom is -0.384 e. The number of hydrogen-bond donors (Lipinski definition) is 0. The van der Waals surface area contributed by atoms with E-state index in [-0.39, 0.29) is 11.4 Å². The number of carbonyl (C=O) groups is 1. The Balaban J connectivity index is 2.22. The van der Waals surface area contributed by atoms with Gasteiger partial charge in [-0.15, -0.1) is 0 Å². The predicted octanol–water partition coefficient (Wildman–Crippen LogP) is 1.32. The monoisotopic (exact) mass is 282 g/mol. The Hall–Kier alpha value is -1.60. The summed E-state index contributed by atoms with van der Waals surface area (Å²) in [5, 5.41) is 4.03. The molecule has 0 aliphatic carbocycles. The van der Waals surface area contributed by atoms with Crippen molar-refractivity contribution in [2.45, 2.75) is 19.3 Å². The number of ether oxygens (including phenoxy) is 1. The standard InChI is InChI=1S/C13H22N4O3/c1-13(2,7-19-5)10-6-11(14-20-10)17-9-15(3)8-16(4)12(17)18/h6H,7-9H2,1-5H3. The molecule has 1 aromatic heterocycles. The van der Waals surface area contributed by atoms with Crippen molar-refractivity contribution >= 4 is 11.8 Å². The van der Waals surface area contributed by atoms with E-state index in [4.69, 9.17) is 9.26 Å². The Morgan fingerprint density at radius 2 is 2.10 bits per heavy atom. The van der Waals surface area contributed by atoms with Crippen molar-refractivity contribution in [3.8, 4) is 0 Å². The van der Waals surface area contributed by atoms with E-state index in [0.717, 1.165) is 0 Å². The van der Waals surface area contributed by atoms with Crippen molar-refractivity contribution < 1.29 is 14.1 Å². The molecule has 0 aromatic carbocycles. The zero-order valence-electron chi connectivity index (χ0n) is 12.7. The number of carbonyl (C=O) groups excluding carboxylic acids is 1. The van der Waals surface area contributed by atoms with Crippen molar-refractivity contribution in [2.75, 3.05) is 46.0 Å². The smallest absolute Gasteiger partial charge is 0.327 e. The summed E-state index contributed by atoms with van der Waals surface area (Å²) < 4.78 is 10.6. The van der Waals surface area contributed by atoms with E-state index in [9.17, 15) is 4.79 Å². The summed E-state index contributed by atoms with van der Waals surface area (Å²) in [6.45, 7) is 5.65. The molecule has 112 valence electrons. The molecule has 1 saturated heterocycles. The van der Waals surface area contributed by atoms with E-state index < -0.39 is 0 Å². The Morgan fingerprint density at radius 3 is 2.75 bits per heavy atom. The summed E-state index contributed by atoms with van der Waals surface area (Å²) >= 11 is 0. The molecule has 2 heterocycles. The number of anilines is 1. The first-order valence-corrected chi connectivity index (χ1v) is 6.52. The maximum absolute atomic E-state index is 12.2. The largest absolute Gasteiger partial charge is 0.384 e. The summed E-state index contributed by atoms with van der Waals surface area (Å²) in [5.41, 5.74) is -0.281. The highest BCUT2D eigenvalue weighted by atomic mass is 16.5. The molecule has 7 heteroatoms. The fourth-order valence-electron chi connectivity index (χ4n) is 2.29. The van der Waals surface area contributed by atoms with E-state index in [1.54, 1.807) is 24.0 Å². The maximum atomic E-state index is 12.2. The van der Waals surface area contributed by atoms with Gasteiger partial charge in [0.15, 0.2) is 5.82 Å². The molecule has 1 fully saturated rings. The molecule has 0 saturated carbocycles. The lowest BCUT2D eigenvalue weighted by molar-refractivity contribution is 0.129. The van der Waals surface area contributed by atoms with E-state index >= 15 is 0 Å². The van der Waals surface area contributed by atoms with Crippen LogP contribution < -0.4 is 4.90 Å². The molecule has 2 amide bonds. The Kier molecular flexibility index (Phi) is 4.01. The van der Waals surface area contributed by atoms with E-state index in [0.29, 0.717) is 31.5 Å². The fraction of sp³-hybridized carbons (Fsp3) is 0.692. The lowest BCUT2D eigenvalue weighted by Gasteiger charge is -2.37. The average molecular weight is 282 g/mol. The Bertz CT molecular complexity index is 486. The molecular formula is C13H22N4O3. The molecule has 1 aliphatic rings. The van der Waals surface area contributed by atoms with Crippen LogP contribution in [0.15, 0.2) is 10.6 Å². The molecule has 0 unspecified atom stereocenters. The van der Waals surface area contributed by atoms with Crippen LogP contribution in [0, 0.1) is 0 Å². The first-order chi connectivity index (χ1) is 9.35. The van der Waals surface area contributed by atoms with Crippen LogP contribution in [-0.4, -0.2) is 62.1 Å². The minimum absolute atomic E-state index is 0.0764. The molecule has 0 spiro atoms. The van der Waals surface area contributed by atoms with Gasteiger partial charge < -0.3 is 14.2 Å². The molecule has 0 atom stereocenters. The summed E-state index contributed by atoms with van der Waals surface area (Å²) in [6, 6.07) is 1.73. The van der Waals surface area contributed by atoms with Gasteiger partial charge in [-0.25, -0.2) is 4.79 Å². The zero-order chi connectivity index (χ0) is 14.9. The molecule has 0 bridgehead atoms. The second kappa shape index (κ2) is 5.41. The minimum atomic E-state index is -0.281. The van der Waals surface area contributed by atoms with Gasteiger partial charge in [-0.1, -0.05) is 19.0 Å². The van der Waals surface area contributed by atoms with E-state index in [1.165, 1.54) is 0 Å². The summed E-state index contributed by atoms with van der Waals surface area (Å²) in [7, 11) is 5.36. The van der Waals surface area contributed by atoms with Gasteiger partial charge in [-0.05, 0) is 7.05 Å². The molecule has 2 rings (SSSR count). The molecule has 20 heavy (non-hydrogen) atoms. The molecule has 1 aliphatic heterocycles. The second-order valence-electron chi connectivity index (χ2n) is 5.91. The van der Waals surface area contributed by atoms with Crippen LogP contribution in [0.1, 0.15) is 19.6 Å². The second-order valence-corrected chi connectivity index (χ2v) is 5.91. The molecular weight excluding hydrogens is 260 g/mol. The van der Waals surface area contributed by atoms with Crippen molar-refractivity contribution in [3.05, 3.63) is 11.8 Å². The van der Waals surface area contributed by atoms with E-state index in [2.05, 4.69) is 5.16 Å². The number of hydrogen-bond acceptors (Lipinski definition) is 5. The number of nitrogens with zero attached hydrogens (tertiary/aromatic N) is 4. The molecule has 0 N–H and O–H groups in total. The van der Waals surface area contributed by atoms with Crippen molar-refractivity contribution in [1.82, 2.24) is 15.0 Å². The highest BCUT2D eigenvalue weighted by Crippen LogP contribution is 2.28. The topological polar surface area (TPSA) is 62.1 Å². The van der Waals surface area contributed by atoms with Gasteiger partial charge in [0.25, 0.3) is 0 Å². The number of rotatable bonds is 4. The number of urea groups is 1. The SMILES string of the molecule is COCC(C)(C)c1cc(N2CN(C)CN(C)C2=O)no1. The molecule has 1 aromatic rings. The molecule has 0 radical (unpaired) electrons. The summed E-state index contributed by atoms with van der Waals surface area (Å²) in [5.74, 6) is 1.24. The average Bonchev–Trinajstić information content (AvgIpc) is 2.83. The van der Waals surface area contributed by atoms with Crippen molar-refractivity contribution in [2.24, 2.45) is 0 Å². The zero-order valence-corrected chi connectivity index (χ0v) is 12.7. The number of methoxy groups -OCH3 is 1. The third-order valence-electron chi connectivity index (χ3n) is 3.34. The van der Waals surface area contributed by atoms with Crippen LogP contribution in [-0.2, 0) is 10.2 Å². The third kappa shape index (κ3) is 2.78. The van der Waals surface area contributed by atoms with Crippen molar-refractivity contribution in [3.63, 3.8) is 0 Å². The van der Waals surface area contributed by atoms with E-state index in [1.807, 2.05) is 31.9 Å². The van der Waals surface area contributed by atoms with Crippen LogP contribution in [0.2, 0.25) is 0 Å². The maximum Gasteiger partial charge on any atom is 0.327 e. The fourth-order valence-corrected chi connectivity index (χ4v) is 2.29. The normalized spacial score (nSPS) is 17.9. The van der Waals surface area contributed by atoms with Crippen molar-refractivity contribution in [1.29, 1.82) is 0 Å². The molecule has 7 nitrogen and oxygen atoms in total. The van der Waals surface area contributed by atoms with Crippen LogP contribution >= 0.6 is 0 Å². The highest BCUT2D eigenvalue weighted by molar-refractivity contribution is 5.91. The Labute approximate surface area is 119 Å². The lowest BCUT2D eigenvalue weighted by Crippen LogP contribution is -2.55. The number of amides is 2. The third-order valence-corrected chi connectivity index (χ3v) is 3.34. The van der Waals surface area contributed by atoms with Crippen LogP contribution in [0.5, 0.6) is 0 Å². The van der Waals surface area contributed by atoms with Gasteiger partial charge in [0, 0.05) is 25.6 Å². The van der Waals surface area contributed by atoms with Gasteiger partial charge >= 0.3 is 6.03 Å². The quantitative estimate of drug-likeness (QED) is 0.833. The van der Waals surface area contributed by atoms with Gasteiger partial charge in [-0.2, -0.15) is 0 Å². The Morgan fingerprint density at radius 1 is 1.40 bits per heavy atom. The van der Waals surface area contributed by atoms with Gasteiger partial charge in [0.1, 0.15) is 5.76 Å². The highest BCUT2D eigenvalue weighted by Gasteiger charge is 2.32. The number of aromatic nitrogens is 1. The van der Waals surface area contributed by atoms with Crippen LogP contribution in [0.25, 0.3) is 0 Å². The summed E-state index contributed by atoms with van der Waals surface area (Å²) in [4.78, 5) is 17.4.